The zero-order chi connectivity index (χ0) is 11.1. The number of hydrogen-bond acceptors (Lipinski definition) is 2. The van der Waals surface area contributed by atoms with Crippen molar-refractivity contribution in [3.63, 3.8) is 0 Å². The predicted octanol–water partition coefficient (Wildman–Crippen LogP) is 1.85. The molecule has 1 aromatic carbocycles. The fraction of sp³-hybridized carbons (Fsp3) is 0.417. The predicted molar refractivity (Wildman–Crippen MR) is 59.7 cm³/mol. The number of hydrogen-bond donors (Lipinski definition) is 1. The van der Waals surface area contributed by atoms with Crippen molar-refractivity contribution in [3.8, 4) is 0 Å². The third-order valence-electron chi connectivity index (χ3n) is 2.47. The van der Waals surface area contributed by atoms with Crippen molar-refractivity contribution in [1.82, 2.24) is 4.90 Å². The third kappa shape index (κ3) is 4.13. The van der Waals surface area contributed by atoms with Gasteiger partial charge in [0.2, 0.25) is 0 Å². The fourth-order valence-corrected chi connectivity index (χ4v) is 1.61. The molecule has 0 spiro atoms. The van der Waals surface area contributed by atoms with Crippen molar-refractivity contribution in [1.29, 1.82) is 0 Å². The lowest BCUT2D eigenvalue weighted by Crippen LogP contribution is -2.32. The molecular weight excluding hydrogens is 190 g/mol. The van der Waals surface area contributed by atoms with Crippen LogP contribution in [0.25, 0.3) is 0 Å². The number of nitrogens with zero attached hydrogens (tertiary/aromatic N) is 1. The number of likely N-dealkylation sites (N-methyl/N-ethyl adjacent to an activating group) is 1. The van der Waals surface area contributed by atoms with Crippen LogP contribution in [0.3, 0.4) is 0 Å². The normalized spacial score (nSPS) is 20.5. The van der Waals surface area contributed by atoms with Gasteiger partial charge in [0.25, 0.3) is 0 Å². The van der Waals surface area contributed by atoms with Crippen molar-refractivity contribution in [2.24, 2.45) is 0 Å². The van der Waals surface area contributed by atoms with Gasteiger partial charge in [0.1, 0.15) is 6.04 Å². The molecule has 1 fully saturated rings. The first kappa shape index (κ1) is 11.7. The van der Waals surface area contributed by atoms with Crippen molar-refractivity contribution in [3.05, 3.63) is 36.4 Å². The summed E-state index contributed by atoms with van der Waals surface area (Å²) in [6.07, 6.45) is 1.83. The molecule has 1 aliphatic heterocycles. The molecule has 0 aromatic heterocycles. The molecule has 1 aromatic rings. The van der Waals surface area contributed by atoms with Gasteiger partial charge >= 0.3 is 5.97 Å². The van der Waals surface area contributed by atoms with Crippen molar-refractivity contribution in [2.45, 2.75) is 18.9 Å². The molecular formula is C12H17NO2. The van der Waals surface area contributed by atoms with Crippen LogP contribution in [0.15, 0.2) is 36.4 Å². The SMILES string of the molecule is CN1CCCC1C(=O)O.c1ccccc1. The lowest BCUT2D eigenvalue weighted by molar-refractivity contribution is -0.141. The van der Waals surface area contributed by atoms with E-state index in [1.807, 2.05) is 48.3 Å². The van der Waals surface area contributed by atoms with Crippen LogP contribution >= 0.6 is 0 Å². The number of carboxylic acid groups (broad SMARTS) is 1. The molecule has 1 atom stereocenters. The standard InChI is InChI=1S/C6H11NO2.C6H6/c1-7-4-2-3-5(7)6(8)9;1-2-4-6-5-3-1/h5H,2-4H2,1H3,(H,8,9);1-6H. The summed E-state index contributed by atoms with van der Waals surface area (Å²) >= 11 is 0. The Morgan fingerprint density at radius 3 is 1.87 bits per heavy atom. The van der Waals surface area contributed by atoms with Gasteiger partial charge in [0, 0.05) is 0 Å². The molecule has 1 aliphatic rings. The summed E-state index contributed by atoms with van der Waals surface area (Å²) in [6, 6.07) is 11.8. The van der Waals surface area contributed by atoms with Crippen LogP contribution in [-0.2, 0) is 4.79 Å². The van der Waals surface area contributed by atoms with E-state index < -0.39 is 5.97 Å². The second-order valence-electron chi connectivity index (χ2n) is 3.63. The zero-order valence-corrected chi connectivity index (χ0v) is 8.97. The molecule has 0 amide bonds. The number of likely N-dealkylation sites (tertiary alicyclic amines) is 1. The first-order valence-electron chi connectivity index (χ1n) is 5.15. The van der Waals surface area contributed by atoms with Crippen LogP contribution in [0.1, 0.15) is 12.8 Å². The van der Waals surface area contributed by atoms with Gasteiger partial charge in [-0.25, -0.2) is 0 Å². The van der Waals surface area contributed by atoms with Gasteiger partial charge in [-0.05, 0) is 26.4 Å². The summed E-state index contributed by atoms with van der Waals surface area (Å²) in [4.78, 5) is 12.2. The highest BCUT2D eigenvalue weighted by Gasteiger charge is 2.26. The second-order valence-corrected chi connectivity index (χ2v) is 3.63. The first-order chi connectivity index (χ1) is 7.22. The van der Waals surface area contributed by atoms with Gasteiger partial charge in [-0.15, -0.1) is 0 Å². The Labute approximate surface area is 90.3 Å². The van der Waals surface area contributed by atoms with Crippen molar-refractivity contribution < 1.29 is 9.90 Å². The van der Waals surface area contributed by atoms with Gasteiger partial charge in [-0.1, -0.05) is 36.4 Å². The molecule has 0 saturated carbocycles. The first-order valence-corrected chi connectivity index (χ1v) is 5.15. The molecule has 3 heteroatoms. The number of benzene rings is 1. The minimum atomic E-state index is -0.685. The van der Waals surface area contributed by atoms with Gasteiger partial charge in [-0.3, -0.25) is 9.69 Å². The van der Waals surface area contributed by atoms with E-state index in [4.69, 9.17) is 5.11 Å². The van der Waals surface area contributed by atoms with E-state index in [0.29, 0.717) is 0 Å². The monoisotopic (exact) mass is 207 g/mol. The highest BCUT2D eigenvalue weighted by Crippen LogP contribution is 2.13. The van der Waals surface area contributed by atoms with E-state index in [1.54, 1.807) is 0 Å². The highest BCUT2D eigenvalue weighted by molar-refractivity contribution is 5.73. The van der Waals surface area contributed by atoms with Crippen LogP contribution in [0.4, 0.5) is 0 Å². The minimum Gasteiger partial charge on any atom is -0.480 e. The Morgan fingerprint density at radius 1 is 1.20 bits per heavy atom. The Bertz CT molecular complexity index is 260. The molecule has 1 unspecified atom stereocenters. The summed E-state index contributed by atoms with van der Waals surface area (Å²) in [6.45, 7) is 0.928. The molecule has 1 heterocycles. The summed E-state index contributed by atoms with van der Waals surface area (Å²) in [5.41, 5.74) is 0. The minimum absolute atomic E-state index is 0.218. The molecule has 2 rings (SSSR count). The summed E-state index contributed by atoms with van der Waals surface area (Å²) < 4.78 is 0. The zero-order valence-electron chi connectivity index (χ0n) is 8.97. The molecule has 0 radical (unpaired) electrons. The fourth-order valence-electron chi connectivity index (χ4n) is 1.61. The van der Waals surface area contributed by atoms with Crippen LogP contribution in [-0.4, -0.2) is 35.6 Å². The largest absolute Gasteiger partial charge is 0.480 e. The summed E-state index contributed by atoms with van der Waals surface area (Å²) in [5, 5.41) is 8.54. The average Bonchev–Trinajstić information content (AvgIpc) is 2.68. The van der Waals surface area contributed by atoms with Crippen LogP contribution < -0.4 is 0 Å². The molecule has 0 aliphatic carbocycles. The lowest BCUT2D eigenvalue weighted by atomic mass is 10.2. The summed E-state index contributed by atoms with van der Waals surface area (Å²) in [5.74, 6) is -0.685. The Morgan fingerprint density at radius 2 is 1.67 bits per heavy atom. The van der Waals surface area contributed by atoms with E-state index in [0.717, 1.165) is 19.4 Å². The molecule has 82 valence electrons. The smallest absolute Gasteiger partial charge is 0.320 e. The van der Waals surface area contributed by atoms with E-state index in [-0.39, 0.29) is 6.04 Å². The number of aliphatic carboxylic acids is 1. The van der Waals surface area contributed by atoms with E-state index in [9.17, 15) is 4.79 Å². The molecule has 1 N–H and O–H groups in total. The number of carbonyl (C=O) groups is 1. The van der Waals surface area contributed by atoms with E-state index >= 15 is 0 Å². The van der Waals surface area contributed by atoms with Crippen molar-refractivity contribution in [2.75, 3.05) is 13.6 Å². The Hall–Kier alpha value is -1.35. The van der Waals surface area contributed by atoms with Crippen LogP contribution in [0, 0.1) is 0 Å². The topological polar surface area (TPSA) is 40.5 Å². The maximum Gasteiger partial charge on any atom is 0.320 e. The lowest BCUT2D eigenvalue weighted by Gasteiger charge is -2.13. The van der Waals surface area contributed by atoms with Gasteiger partial charge < -0.3 is 5.11 Å². The number of rotatable bonds is 1. The van der Waals surface area contributed by atoms with E-state index in [1.165, 1.54) is 0 Å². The second kappa shape index (κ2) is 6.19. The van der Waals surface area contributed by atoms with Gasteiger partial charge in [0.05, 0.1) is 0 Å². The molecule has 1 saturated heterocycles. The maximum atomic E-state index is 10.4. The highest BCUT2D eigenvalue weighted by atomic mass is 16.4. The van der Waals surface area contributed by atoms with E-state index in [2.05, 4.69) is 0 Å². The third-order valence-corrected chi connectivity index (χ3v) is 2.47. The average molecular weight is 207 g/mol. The summed E-state index contributed by atoms with van der Waals surface area (Å²) in [7, 11) is 1.85. The van der Waals surface area contributed by atoms with Crippen LogP contribution in [0.5, 0.6) is 0 Å². The maximum absolute atomic E-state index is 10.4. The molecule has 15 heavy (non-hydrogen) atoms. The molecule has 0 bridgehead atoms. The Kier molecular flexibility index (Phi) is 4.84. The Balaban J connectivity index is 0.000000162. The van der Waals surface area contributed by atoms with Crippen LogP contribution in [0.2, 0.25) is 0 Å². The number of carboxylic acids is 1. The van der Waals surface area contributed by atoms with Gasteiger partial charge in [-0.2, -0.15) is 0 Å². The quantitative estimate of drug-likeness (QED) is 0.764. The van der Waals surface area contributed by atoms with Crippen molar-refractivity contribution >= 4 is 5.97 Å². The molecule has 3 nitrogen and oxygen atoms in total. The van der Waals surface area contributed by atoms with Gasteiger partial charge in [0.15, 0.2) is 0 Å².